The van der Waals surface area contributed by atoms with Gasteiger partial charge in [0.1, 0.15) is 17.6 Å². The van der Waals surface area contributed by atoms with Crippen LogP contribution >= 0.6 is 35.6 Å². The molecule has 1 heterocycles. The lowest BCUT2D eigenvalue weighted by Crippen LogP contribution is -2.41. The molecular weight excluding hydrogens is 479 g/mol. The zero-order valence-corrected chi connectivity index (χ0v) is 19.5. The van der Waals surface area contributed by atoms with Gasteiger partial charge in [0.05, 0.1) is 19.3 Å². The first-order chi connectivity index (χ1) is 12.3. The van der Waals surface area contributed by atoms with Crippen LogP contribution in [0.5, 0.6) is 5.75 Å². The Bertz CT molecular complexity index is 743. The number of nitrogens with zero attached hydrogens (tertiary/aromatic N) is 2. The Hall–Kier alpha value is -1.48. The van der Waals surface area contributed by atoms with Crippen LogP contribution in [0.3, 0.4) is 0 Å². The third-order valence-electron chi connectivity index (χ3n) is 3.61. The van der Waals surface area contributed by atoms with Crippen LogP contribution in [0.4, 0.5) is 0 Å². The molecule has 0 fully saturated rings. The van der Waals surface area contributed by atoms with Crippen LogP contribution in [0, 0.1) is 0 Å². The van der Waals surface area contributed by atoms with Crippen LogP contribution in [0.15, 0.2) is 39.9 Å². The van der Waals surface area contributed by atoms with E-state index >= 15 is 0 Å². The molecule has 0 aliphatic heterocycles. The number of halogens is 2. The number of hydrogen-bond acceptors (Lipinski definition) is 4. The van der Waals surface area contributed by atoms with E-state index in [1.807, 2.05) is 25.1 Å². The number of benzene rings is 1. The van der Waals surface area contributed by atoms with Crippen molar-refractivity contribution in [1.82, 2.24) is 15.6 Å². The first-order valence-corrected chi connectivity index (χ1v) is 8.97. The maximum Gasteiger partial charge on any atom is 0.213 e. The first-order valence-electron chi connectivity index (χ1n) is 8.60. The van der Waals surface area contributed by atoms with Crippen molar-refractivity contribution >= 4 is 41.5 Å². The molecule has 0 aliphatic rings. The summed E-state index contributed by atoms with van der Waals surface area (Å²) in [6, 6.07) is 7.35. The Balaban J connectivity index is 0.00000364. The van der Waals surface area contributed by atoms with E-state index in [9.17, 15) is 0 Å². The smallest absolute Gasteiger partial charge is 0.213 e. The van der Waals surface area contributed by atoms with Crippen LogP contribution in [-0.4, -0.2) is 30.6 Å². The number of hydrogen-bond donors (Lipinski definition) is 2. The highest BCUT2D eigenvalue weighted by molar-refractivity contribution is 14.0. The Morgan fingerprint density at radius 2 is 2.07 bits per heavy atom. The third-order valence-corrected chi connectivity index (χ3v) is 3.85. The van der Waals surface area contributed by atoms with E-state index in [0.29, 0.717) is 30.0 Å². The first kappa shape index (κ1) is 23.6. The summed E-state index contributed by atoms with van der Waals surface area (Å²) in [7, 11) is 1.72. The zero-order chi connectivity index (χ0) is 19.2. The quantitative estimate of drug-likeness (QED) is 0.346. The molecule has 1 aromatic carbocycles. The fourth-order valence-electron chi connectivity index (χ4n) is 2.17. The molecule has 0 amide bonds. The van der Waals surface area contributed by atoms with Crippen molar-refractivity contribution in [3.63, 3.8) is 0 Å². The van der Waals surface area contributed by atoms with Crippen LogP contribution in [0.25, 0.3) is 0 Å². The topological polar surface area (TPSA) is 71.7 Å². The summed E-state index contributed by atoms with van der Waals surface area (Å²) in [5.41, 5.74) is -0.0573. The summed E-state index contributed by atoms with van der Waals surface area (Å²) in [5, 5.41) is 7.06. The fraction of sp³-hybridized carbons (Fsp3) is 0.474. The number of oxazole rings is 1. The maximum atomic E-state index is 5.97. The van der Waals surface area contributed by atoms with Gasteiger partial charge in [-0.3, -0.25) is 4.99 Å². The average molecular weight is 507 g/mol. The highest BCUT2D eigenvalue weighted by Crippen LogP contribution is 2.22. The monoisotopic (exact) mass is 506 g/mol. The summed E-state index contributed by atoms with van der Waals surface area (Å²) in [6.45, 7) is 9.29. The number of guanidine groups is 1. The molecule has 1 unspecified atom stereocenters. The summed E-state index contributed by atoms with van der Waals surface area (Å²) in [4.78, 5) is 8.50. The van der Waals surface area contributed by atoms with Gasteiger partial charge >= 0.3 is 0 Å². The van der Waals surface area contributed by atoms with Gasteiger partial charge in [-0.15, -0.1) is 24.0 Å². The van der Waals surface area contributed by atoms with Crippen LogP contribution in [0.2, 0.25) is 5.02 Å². The number of nitrogens with one attached hydrogen (secondary N) is 2. The van der Waals surface area contributed by atoms with Crippen molar-refractivity contribution in [2.75, 3.05) is 13.6 Å². The molecule has 0 radical (unpaired) electrons. The minimum Gasteiger partial charge on any atom is -0.489 e. The van der Waals surface area contributed by atoms with Gasteiger partial charge < -0.3 is 19.8 Å². The second kappa shape index (κ2) is 10.8. The van der Waals surface area contributed by atoms with E-state index in [1.54, 1.807) is 19.3 Å². The third kappa shape index (κ3) is 7.96. The fourth-order valence-corrected chi connectivity index (χ4v) is 2.35. The standard InChI is InChI=1S/C19H27ClN4O2.HI/c1-13(25-15-8-6-7-14(20)9-15)10-23-18(21-5)24-12-17-22-11-16(26-17)19(2,3)4;/h6-9,11,13H,10,12H2,1-5H3,(H2,21,23,24);1H. The van der Waals surface area contributed by atoms with Gasteiger partial charge in [0.2, 0.25) is 5.89 Å². The molecule has 0 aliphatic carbocycles. The average Bonchev–Trinajstić information content (AvgIpc) is 3.04. The van der Waals surface area contributed by atoms with E-state index in [4.69, 9.17) is 20.8 Å². The Labute approximate surface area is 183 Å². The lowest BCUT2D eigenvalue weighted by Gasteiger charge is -2.17. The lowest BCUT2D eigenvalue weighted by molar-refractivity contribution is 0.224. The highest BCUT2D eigenvalue weighted by atomic mass is 127. The Kier molecular flexibility index (Phi) is 9.38. The molecule has 2 N–H and O–H groups in total. The van der Waals surface area contributed by atoms with Crippen molar-refractivity contribution in [2.24, 2.45) is 4.99 Å². The van der Waals surface area contributed by atoms with Gasteiger partial charge in [-0.1, -0.05) is 38.4 Å². The predicted molar refractivity (Wildman–Crippen MR) is 120 cm³/mol. The number of ether oxygens (including phenoxy) is 1. The van der Waals surface area contributed by atoms with Crippen LogP contribution in [-0.2, 0) is 12.0 Å². The normalized spacial score (nSPS) is 12.9. The summed E-state index contributed by atoms with van der Waals surface area (Å²) in [5.74, 6) is 2.88. The molecule has 0 bridgehead atoms. The minimum absolute atomic E-state index is 0. The van der Waals surface area contributed by atoms with Gasteiger partial charge in [0, 0.05) is 17.5 Å². The molecule has 8 heteroatoms. The lowest BCUT2D eigenvalue weighted by atomic mass is 9.94. The van der Waals surface area contributed by atoms with Gasteiger partial charge in [0.25, 0.3) is 0 Å². The molecule has 0 saturated heterocycles. The van der Waals surface area contributed by atoms with Crippen molar-refractivity contribution in [2.45, 2.75) is 45.8 Å². The van der Waals surface area contributed by atoms with Crippen molar-refractivity contribution in [1.29, 1.82) is 0 Å². The largest absolute Gasteiger partial charge is 0.489 e. The van der Waals surface area contributed by atoms with E-state index < -0.39 is 0 Å². The van der Waals surface area contributed by atoms with Crippen LogP contribution in [0.1, 0.15) is 39.3 Å². The molecule has 0 spiro atoms. The molecule has 6 nitrogen and oxygen atoms in total. The molecule has 1 aromatic heterocycles. The van der Waals surface area contributed by atoms with Crippen LogP contribution < -0.4 is 15.4 Å². The van der Waals surface area contributed by atoms with Gasteiger partial charge in [-0.2, -0.15) is 0 Å². The molecule has 2 aromatic rings. The van der Waals surface area contributed by atoms with Crippen molar-refractivity contribution in [3.8, 4) is 5.75 Å². The second-order valence-electron chi connectivity index (χ2n) is 7.06. The highest BCUT2D eigenvalue weighted by Gasteiger charge is 2.19. The number of aliphatic imine (C=N–C) groups is 1. The number of rotatable bonds is 6. The van der Waals surface area contributed by atoms with E-state index in [2.05, 4.69) is 41.4 Å². The summed E-state index contributed by atoms with van der Waals surface area (Å²) >= 11 is 5.97. The summed E-state index contributed by atoms with van der Waals surface area (Å²) < 4.78 is 11.6. The molecule has 150 valence electrons. The van der Waals surface area contributed by atoms with E-state index in [-0.39, 0.29) is 35.5 Å². The zero-order valence-electron chi connectivity index (χ0n) is 16.4. The van der Waals surface area contributed by atoms with Gasteiger partial charge in [-0.25, -0.2) is 4.98 Å². The summed E-state index contributed by atoms with van der Waals surface area (Å²) in [6.07, 6.45) is 1.72. The minimum atomic E-state index is -0.0573. The molecule has 1 atom stereocenters. The van der Waals surface area contributed by atoms with Gasteiger partial charge in [-0.05, 0) is 25.1 Å². The molecular formula is C19H28ClIN4O2. The van der Waals surface area contributed by atoms with E-state index in [0.717, 1.165) is 11.5 Å². The van der Waals surface area contributed by atoms with E-state index in [1.165, 1.54) is 0 Å². The Morgan fingerprint density at radius 1 is 1.33 bits per heavy atom. The van der Waals surface area contributed by atoms with Crippen molar-refractivity contribution in [3.05, 3.63) is 47.1 Å². The molecule has 27 heavy (non-hydrogen) atoms. The SMILES string of the molecule is CN=C(NCc1ncc(C(C)(C)C)o1)NCC(C)Oc1cccc(Cl)c1.I. The van der Waals surface area contributed by atoms with Gasteiger partial charge in [0.15, 0.2) is 5.96 Å². The molecule has 0 saturated carbocycles. The molecule has 2 rings (SSSR count). The maximum absolute atomic E-state index is 5.97. The second-order valence-corrected chi connectivity index (χ2v) is 7.50. The Morgan fingerprint density at radius 3 is 2.67 bits per heavy atom. The van der Waals surface area contributed by atoms with Crippen molar-refractivity contribution < 1.29 is 9.15 Å². The predicted octanol–water partition coefficient (Wildman–Crippen LogP) is 4.38. The number of aromatic nitrogens is 1.